The van der Waals surface area contributed by atoms with Crippen LogP contribution in [0.1, 0.15) is 12.0 Å². The summed E-state index contributed by atoms with van der Waals surface area (Å²) in [6.45, 7) is 0.368. The van der Waals surface area contributed by atoms with Crippen molar-refractivity contribution in [3.05, 3.63) is 35.9 Å². The molecule has 1 amide bonds. The van der Waals surface area contributed by atoms with Crippen LogP contribution in [0.5, 0.6) is 0 Å². The fourth-order valence-electron chi connectivity index (χ4n) is 1.52. The van der Waals surface area contributed by atoms with E-state index in [1.54, 1.807) is 13.1 Å². The normalized spacial score (nSPS) is 10.7. The molecule has 0 aliphatic rings. The van der Waals surface area contributed by atoms with E-state index in [0.717, 1.165) is 5.56 Å². The molecule has 0 unspecified atom stereocenters. The van der Waals surface area contributed by atoms with Crippen LogP contribution in [0, 0.1) is 11.3 Å². The smallest absolute Gasteiger partial charge is 0.237 e. The average molecular weight is 280 g/mol. The van der Waals surface area contributed by atoms with Crippen LogP contribution < -0.4 is 0 Å². The van der Waals surface area contributed by atoms with Crippen molar-refractivity contribution < 1.29 is 13.2 Å². The molecule has 1 aromatic carbocycles. The Morgan fingerprint density at radius 1 is 1.32 bits per heavy atom. The van der Waals surface area contributed by atoms with Gasteiger partial charge in [-0.15, -0.1) is 0 Å². The van der Waals surface area contributed by atoms with Gasteiger partial charge in [-0.25, -0.2) is 8.42 Å². The van der Waals surface area contributed by atoms with Gasteiger partial charge in [0.05, 0.1) is 11.8 Å². The molecule has 0 heterocycles. The summed E-state index contributed by atoms with van der Waals surface area (Å²) < 4.78 is 23.1. The second kappa shape index (κ2) is 6.90. The van der Waals surface area contributed by atoms with Gasteiger partial charge in [0.2, 0.25) is 5.91 Å². The lowest BCUT2D eigenvalue weighted by Crippen LogP contribution is -2.32. The highest BCUT2D eigenvalue weighted by Crippen LogP contribution is 2.04. The maximum absolute atomic E-state index is 11.8. The summed E-state index contributed by atoms with van der Waals surface area (Å²) in [7, 11) is -1.93. The number of sulfone groups is 1. The number of amides is 1. The van der Waals surface area contributed by atoms with Crippen LogP contribution >= 0.6 is 0 Å². The van der Waals surface area contributed by atoms with E-state index in [4.69, 9.17) is 5.26 Å². The summed E-state index contributed by atoms with van der Waals surface area (Å²) in [5, 5.41) is 8.36. The van der Waals surface area contributed by atoms with Gasteiger partial charge in [0.1, 0.15) is 5.75 Å². The number of carbonyl (C=O) groups excluding carboxylic acids is 1. The molecular weight excluding hydrogens is 264 g/mol. The van der Waals surface area contributed by atoms with Crippen molar-refractivity contribution in [1.82, 2.24) is 4.90 Å². The van der Waals surface area contributed by atoms with Crippen LogP contribution in [0.3, 0.4) is 0 Å². The summed E-state index contributed by atoms with van der Waals surface area (Å²) in [5.41, 5.74) is 0.938. The highest BCUT2D eigenvalue weighted by atomic mass is 32.2. The van der Waals surface area contributed by atoms with Crippen LogP contribution in [-0.2, 0) is 21.2 Å². The number of hydrogen-bond donors (Lipinski definition) is 0. The van der Waals surface area contributed by atoms with E-state index in [1.807, 2.05) is 30.3 Å². The highest BCUT2D eigenvalue weighted by Gasteiger charge is 2.19. The van der Waals surface area contributed by atoms with Gasteiger partial charge in [-0.3, -0.25) is 4.79 Å². The largest absolute Gasteiger partial charge is 0.341 e. The molecule has 0 N–H and O–H groups in total. The van der Waals surface area contributed by atoms with Gasteiger partial charge < -0.3 is 4.90 Å². The number of nitriles is 1. The Balaban J connectivity index is 2.56. The molecule has 0 radical (unpaired) electrons. The van der Waals surface area contributed by atoms with Crippen molar-refractivity contribution in [2.75, 3.05) is 18.6 Å². The van der Waals surface area contributed by atoms with E-state index < -0.39 is 21.5 Å². The van der Waals surface area contributed by atoms with E-state index in [1.165, 1.54) is 4.90 Å². The van der Waals surface area contributed by atoms with Gasteiger partial charge in [-0.2, -0.15) is 5.26 Å². The van der Waals surface area contributed by atoms with Crippen molar-refractivity contribution in [3.63, 3.8) is 0 Å². The minimum absolute atomic E-state index is 0.0853. The summed E-state index contributed by atoms with van der Waals surface area (Å²) >= 11 is 0. The van der Waals surface area contributed by atoms with E-state index >= 15 is 0 Å². The van der Waals surface area contributed by atoms with Crippen LogP contribution in [0.15, 0.2) is 30.3 Å². The molecule has 102 valence electrons. The molecule has 0 bridgehead atoms. The first-order chi connectivity index (χ1) is 8.94. The molecule has 0 saturated heterocycles. The maximum atomic E-state index is 11.8. The summed E-state index contributed by atoms with van der Waals surface area (Å²) in [6, 6.07) is 11.1. The molecule has 0 atom stereocenters. The Hall–Kier alpha value is -1.87. The van der Waals surface area contributed by atoms with Gasteiger partial charge in [0, 0.05) is 20.0 Å². The standard InChI is InChI=1S/C13H16N2O3S/c1-15(10-12-6-3-2-4-7-12)13(16)11-19(17,18)9-5-8-14/h2-4,6-7H,5,9-11H2,1H3. The topological polar surface area (TPSA) is 78.2 Å². The van der Waals surface area contributed by atoms with Crippen LogP contribution in [0.25, 0.3) is 0 Å². The summed E-state index contributed by atoms with van der Waals surface area (Å²) in [4.78, 5) is 13.2. The Labute approximate surface area is 113 Å². The summed E-state index contributed by atoms with van der Waals surface area (Å²) in [6.07, 6.45) is -0.0853. The lowest BCUT2D eigenvalue weighted by atomic mass is 10.2. The maximum Gasteiger partial charge on any atom is 0.237 e. The Kier molecular flexibility index (Phi) is 5.52. The second-order valence-electron chi connectivity index (χ2n) is 4.24. The van der Waals surface area contributed by atoms with E-state index in [2.05, 4.69) is 0 Å². The predicted molar refractivity (Wildman–Crippen MR) is 71.8 cm³/mol. The molecule has 0 aliphatic carbocycles. The molecular formula is C13H16N2O3S. The molecule has 0 aromatic heterocycles. The van der Waals surface area contributed by atoms with E-state index in [9.17, 15) is 13.2 Å². The minimum atomic E-state index is -3.49. The van der Waals surface area contributed by atoms with Crippen LogP contribution in [0.4, 0.5) is 0 Å². The van der Waals surface area contributed by atoms with E-state index in [0.29, 0.717) is 6.54 Å². The van der Waals surface area contributed by atoms with Gasteiger partial charge in [0.25, 0.3) is 0 Å². The molecule has 0 fully saturated rings. The number of carbonyl (C=O) groups is 1. The van der Waals surface area contributed by atoms with E-state index in [-0.39, 0.29) is 12.2 Å². The van der Waals surface area contributed by atoms with Gasteiger partial charge in [-0.1, -0.05) is 30.3 Å². The lowest BCUT2D eigenvalue weighted by Gasteiger charge is -2.17. The number of rotatable bonds is 6. The van der Waals surface area contributed by atoms with Crippen LogP contribution in [-0.4, -0.2) is 37.8 Å². The first-order valence-electron chi connectivity index (χ1n) is 5.80. The van der Waals surface area contributed by atoms with Crippen molar-refractivity contribution in [2.45, 2.75) is 13.0 Å². The number of hydrogen-bond acceptors (Lipinski definition) is 4. The third-order valence-electron chi connectivity index (χ3n) is 2.56. The fourth-order valence-corrected chi connectivity index (χ4v) is 2.66. The quantitative estimate of drug-likeness (QED) is 0.778. The van der Waals surface area contributed by atoms with Crippen molar-refractivity contribution in [3.8, 4) is 6.07 Å². The molecule has 0 aliphatic heterocycles. The monoisotopic (exact) mass is 280 g/mol. The number of nitrogens with zero attached hydrogens (tertiary/aromatic N) is 2. The van der Waals surface area contributed by atoms with Gasteiger partial charge >= 0.3 is 0 Å². The molecule has 0 saturated carbocycles. The first kappa shape index (κ1) is 15.2. The molecule has 0 spiro atoms. The van der Waals surface area contributed by atoms with Crippen LogP contribution in [0.2, 0.25) is 0 Å². The van der Waals surface area contributed by atoms with Gasteiger partial charge in [0.15, 0.2) is 9.84 Å². The zero-order valence-corrected chi connectivity index (χ0v) is 11.6. The average Bonchev–Trinajstić information content (AvgIpc) is 2.37. The zero-order chi connectivity index (χ0) is 14.3. The van der Waals surface area contributed by atoms with Crippen molar-refractivity contribution in [1.29, 1.82) is 5.26 Å². The third kappa shape index (κ3) is 5.53. The molecule has 19 heavy (non-hydrogen) atoms. The minimum Gasteiger partial charge on any atom is -0.341 e. The molecule has 5 nitrogen and oxygen atoms in total. The molecule has 1 rings (SSSR count). The molecule has 6 heteroatoms. The van der Waals surface area contributed by atoms with Gasteiger partial charge in [-0.05, 0) is 5.56 Å². The first-order valence-corrected chi connectivity index (χ1v) is 7.62. The Morgan fingerprint density at radius 3 is 2.53 bits per heavy atom. The van der Waals surface area contributed by atoms with Crippen molar-refractivity contribution in [2.24, 2.45) is 0 Å². The Bertz CT molecular complexity index is 561. The third-order valence-corrected chi connectivity index (χ3v) is 4.07. The summed E-state index contributed by atoms with van der Waals surface area (Å²) in [5.74, 6) is -1.27. The van der Waals surface area contributed by atoms with Crippen molar-refractivity contribution >= 4 is 15.7 Å². The predicted octanol–water partition coefficient (Wildman–Crippen LogP) is 0.973. The second-order valence-corrected chi connectivity index (χ2v) is 6.42. The highest BCUT2D eigenvalue weighted by molar-refractivity contribution is 7.92. The zero-order valence-electron chi connectivity index (χ0n) is 10.7. The molecule has 1 aromatic rings. The lowest BCUT2D eigenvalue weighted by molar-refractivity contribution is -0.127. The Morgan fingerprint density at radius 2 is 1.95 bits per heavy atom. The SMILES string of the molecule is CN(Cc1ccccc1)C(=O)CS(=O)(=O)CCC#N. The fraction of sp³-hybridized carbons (Fsp3) is 0.385. The number of benzene rings is 1.